The number of pyridine rings is 1. The van der Waals surface area contributed by atoms with Gasteiger partial charge in [0.15, 0.2) is 0 Å². The maximum Gasteiger partial charge on any atom is 0.135 e. The maximum atomic E-state index is 4.47. The van der Waals surface area contributed by atoms with Gasteiger partial charge in [0.2, 0.25) is 0 Å². The summed E-state index contributed by atoms with van der Waals surface area (Å²) in [5, 5.41) is 5.93. The number of fused-ring (bicyclic) bond motifs is 1. The zero-order valence-corrected chi connectivity index (χ0v) is 12.3. The average molecular weight is 270 g/mol. The molecule has 1 N–H and O–H groups in total. The molecule has 0 unspecified atom stereocenters. The van der Waals surface area contributed by atoms with Crippen LogP contribution >= 0.6 is 0 Å². The van der Waals surface area contributed by atoms with Crippen LogP contribution in [0.4, 0.5) is 11.5 Å². The van der Waals surface area contributed by atoms with Gasteiger partial charge in [-0.2, -0.15) is 0 Å². The first kappa shape index (κ1) is 13.2. The Kier molecular flexibility index (Phi) is 3.74. The van der Waals surface area contributed by atoms with Gasteiger partial charge in [-0.15, -0.1) is 0 Å². The van der Waals surface area contributed by atoms with Crippen LogP contribution in [-0.4, -0.2) is 45.3 Å². The quantitative estimate of drug-likeness (QED) is 0.905. The minimum absolute atomic E-state index is 1.03. The van der Waals surface area contributed by atoms with Crippen molar-refractivity contribution in [3.8, 4) is 0 Å². The lowest BCUT2D eigenvalue weighted by Crippen LogP contribution is -2.27. The lowest BCUT2D eigenvalue weighted by Gasteiger charge is -2.23. The molecule has 2 heterocycles. The van der Waals surface area contributed by atoms with Crippen molar-refractivity contribution in [2.45, 2.75) is 6.42 Å². The summed E-state index contributed by atoms with van der Waals surface area (Å²) in [7, 11) is 4.08. The molecule has 106 valence electrons. The van der Waals surface area contributed by atoms with Gasteiger partial charge in [-0.05, 0) is 42.6 Å². The van der Waals surface area contributed by atoms with Gasteiger partial charge in [0, 0.05) is 51.0 Å². The minimum atomic E-state index is 1.03. The highest BCUT2D eigenvalue weighted by molar-refractivity contribution is 5.94. The highest BCUT2D eigenvalue weighted by Gasteiger charge is 2.11. The van der Waals surface area contributed by atoms with E-state index in [2.05, 4.69) is 44.4 Å². The fourth-order valence-corrected chi connectivity index (χ4v) is 2.81. The van der Waals surface area contributed by atoms with Crippen LogP contribution < -0.4 is 15.1 Å². The number of aromatic nitrogens is 1. The number of nitrogens with zero attached hydrogens (tertiary/aromatic N) is 3. The van der Waals surface area contributed by atoms with E-state index in [1.807, 2.05) is 20.3 Å². The van der Waals surface area contributed by atoms with E-state index < -0.39 is 0 Å². The average Bonchev–Trinajstić information content (AvgIpc) is 2.75. The standard InChI is InChI=1S/C16H22N4/c1-19(2)16-15-5-4-14(12-13(15)6-8-18-16)20-10-3-7-17-9-11-20/h4-6,8,12,17H,3,7,9-11H2,1-2H3. The number of anilines is 2. The van der Waals surface area contributed by atoms with Crippen LogP contribution in [0.15, 0.2) is 30.5 Å². The molecule has 0 saturated carbocycles. The molecule has 0 bridgehead atoms. The molecule has 3 rings (SSSR count). The molecule has 0 aliphatic carbocycles. The Balaban J connectivity index is 1.98. The Morgan fingerprint density at radius 2 is 2.05 bits per heavy atom. The van der Waals surface area contributed by atoms with E-state index in [1.54, 1.807) is 0 Å². The summed E-state index contributed by atoms with van der Waals surface area (Å²) < 4.78 is 0. The van der Waals surface area contributed by atoms with Gasteiger partial charge in [0.25, 0.3) is 0 Å². The van der Waals surface area contributed by atoms with E-state index in [0.29, 0.717) is 0 Å². The van der Waals surface area contributed by atoms with E-state index in [9.17, 15) is 0 Å². The molecule has 20 heavy (non-hydrogen) atoms. The summed E-state index contributed by atoms with van der Waals surface area (Å²) in [6, 6.07) is 8.81. The van der Waals surface area contributed by atoms with Crippen molar-refractivity contribution in [1.29, 1.82) is 0 Å². The summed E-state index contributed by atoms with van der Waals surface area (Å²) in [5.74, 6) is 1.03. The Morgan fingerprint density at radius 1 is 1.15 bits per heavy atom. The third kappa shape index (κ3) is 2.56. The fourth-order valence-electron chi connectivity index (χ4n) is 2.81. The van der Waals surface area contributed by atoms with Gasteiger partial charge < -0.3 is 15.1 Å². The van der Waals surface area contributed by atoms with Crippen molar-refractivity contribution in [2.75, 3.05) is 50.1 Å². The summed E-state index contributed by atoms with van der Waals surface area (Å²) in [6.45, 7) is 4.40. The molecule has 1 aliphatic rings. The molecule has 0 spiro atoms. The third-order valence-electron chi connectivity index (χ3n) is 3.86. The molecule has 2 aromatic rings. The van der Waals surface area contributed by atoms with Gasteiger partial charge in [-0.25, -0.2) is 4.98 Å². The topological polar surface area (TPSA) is 31.4 Å². The second-order valence-electron chi connectivity index (χ2n) is 5.53. The van der Waals surface area contributed by atoms with Crippen molar-refractivity contribution in [3.05, 3.63) is 30.5 Å². The molecule has 4 heteroatoms. The predicted octanol–water partition coefficient (Wildman–Crippen LogP) is 2.10. The fraction of sp³-hybridized carbons (Fsp3) is 0.438. The lowest BCUT2D eigenvalue weighted by atomic mass is 10.1. The van der Waals surface area contributed by atoms with E-state index in [0.717, 1.165) is 32.0 Å². The van der Waals surface area contributed by atoms with Crippen LogP contribution in [0.3, 0.4) is 0 Å². The van der Waals surface area contributed by atoms with Gasteiger partial charge in [-0.3, -0.25) is 0 Å². The molecule has 0 atom stereocenters. The molecular formula is C16H22N4. The van der Waals surface area contributed by atoms with Crippen molar-refractivity contribution < 1.29 is 0 Å². The summed E-state index contributed by atoms with van der Waals surface area (Å²) >= 11 is 0. The number of hydrogen-bond donors (Lipinski definition) is 1. The van der Waals surface area contributed by atoms with Crippen LogP contribution in [0.5, 0.6) is 0 Å². The van der Waals surface area contributed by atoms with Gasteiger partial charge in [0.05, 0.1) is 0 Å². The minimum Gasteiger partial charge on any atom is -0.370 e. The predicted molar refractivity (Wildman–Crippen MR) is 85.8 cm³/mol. The van der Waals surface area contributed by atoms with E-state index in [1.165, 1.54) is 22.9 Å². The molecular weight excluding hydrogens is 248 g/mol. The van der Waals surface area contributed by atoms with Gasteiger partial charge >= 0.3 is 0 Å². The van der Waals surface area contributed by atoms with Gasteiger partial charge in [0.1, 0.15) is 5.82 Å². The number of rotatable bonds is 2. The zero-order valence-electron chi connectivity index (χ0n) is 12.3. The van der Waals surface area contributed by atoms with Crippen molar-refractivity contribution >= 4 is 22.3 Å². The summed E-state index contributed by atoms with van der Waals surface area (Å²) in [4.78, 5) is 9.00. The van der Waals surface area contributed by atoms with Crippen molar-refractivity contribution in [3.63, 3.8) is 0 Å². The Morgan fingerprint density at radius 3 is 2.90 bits per heavy atom. The highest BCUT2D eigenvalue weighted by Crippen LogP contribution is 2.27. The van der Waals surface area contributed by atoms with Crippen LogP contribution in [-0.2, 0) is 0 Å². The molecule has 4 nitrogen and oxygen atoms in total. The zero-order chi connectivity index (χ0) is 13.9. The first-order chi connectivity index (χ1) is 9.75. The molecule has 0 radical (unpaired) electrons. The number of benzene rings is 1. The molecule has 1 saturated heterocycles. The second kappa shape index (κ2) is 5.67. The van der Waals surface area contributed by atoms with Crippen LogP contribution in [0.25, 0.3) is 10.8 Å². The Bertz CT molecular complexity index is 586. The molecule has 1 fully saturated rings. The van der Waals surface area contributed by atoms with Crippen molar-refractivity contribution in [2.24, 2.45) is 0 Å². The third-order valence-corrected chi connectivity index (χ3v) is 3.86. The van der Waals surface area contributed by atoms with Crippen LogP contribution in [0, 0.1) is 0 Å². The molecule has 0 amide bonds. The molecule has 1 aliphatic heterocycles. The monoisotopic (exact) mass is 270 g/mol. The maximum absolute atomic E-state index is 4.47. The number of nitrogens with one attached hydrogen (secondary N) is 1. The smallest absolute Gasteiger partial charge is 0.135 e. The first-order valence-corrected chi connectivity index (χ1v) is 7.27. The largest absolute Gasteiger partial charge is 0.370 e. The SMILES string of the molecule is CN(C)c1nccc2cc(N3CCCNCC3)ccc12. The molecule has 1 aromatic carbocycles. The summed E-state index contributed by atoms with van der Waals surface area (Å²) in [5.41, 5.74) is 1.32. The van der Waals surface area contributed by atoms with E-state index in [4.69, 9.17) is 0 Å². The van der Waals surface area contributed by atoms with Gasteiger partial charge in [-0.1, -0.05) is 0 Å². The summed E-state index contributed by atoms with van der Waals surface area (Å²) in [6.07, 6.45) is 3.10. The lowest BCUT2D eigenvalue weighted by molar-refractivity contribution is 0.724. The second-order valence-corrected chi connectivity index (χ2v) is 5.53. The van der Waals surface area contributed by atoms with Crippen molar-refractivity contribution in [1.82, 2.24) is 10.3 Å². The van der Waals surface area contributed by atoms with E-state index >= 15 is 0 Å². The normalized spacial score (nSPS) is 16.2. The van der Waals surface area contributed by atoms with Crippen LogP contribution in [0.1, 0.15) is 6.42 Å². The van der Waals surface area contributed by atoms with E-state index in [-0.39, 0.29) is 0 Å². The number of hydrogen-bond acceptors (Lipinski definition) is 4. The Hall–Kier alpha value is -1.81. The first-order valence-electron chi connectivity index (χ1n) is 7.27. The highest BCUT2D eigenvalue weighted by atomic mass is 15.2. The van der Waals surface area contributed by atoms with Crippen LogP contribution in [0.2, 0.25) is 0 Å². The Labute approximate surface area is 120 Å². The molecule has 1 aromatic heterocycles.